The molecular weight excluding hydrogens is 296 g/mol. The molecule has 3 fully saturated rings. The largest absolute Gasteiger partial charge is 0.312 e. The summed E-state index contributed by atoms with van der Waals surface area (Å²) in [5.74, 6) is 0.940. The molecular formula is C13H19BrN2S. The van der Waals surface area contributed by atoms with E-state index in [0.717, 1.165) is 18.5 Å². The summed E-state index contributed by atoms with van der Waals surface area (Å²) >= 11 is 5.37. The van der Waals surface area contributed by atoms with Crippen molar-refractivity contribution in [3.63, 3.8) is 0 Å². The standard InChI is InChI=1S/C13H19BrN2S/c14-13-2-1-11(17-13)3-6-15-12-9-16-7-4-10(12)5-8-16/h1-2,10,12,15H,3-9H2. The van der Waals surface area contributed by atoms with Gasteiger partial charge in [0.25, 0.3) is 0 Å². The first-order valence-corrected chi connectivity index (χ1v) is 8.12. The predicted octanol–water partition coefficient (Wildman–Crippen LogP) is 2.74. The van der Waals surface area contributed by atoms with Crippen molar-refractivity contribution in [1.29, 1.82) is 0 Å². The van der Waals surface area contributed by atoms with Gasteiger partial charge in [0.05, 0.1) is 3.79 Å². The van der Waals surface area contributed by atoms with Gasteiger partial charge in [-0.1, -0.05) is 0 Å². The monoisotopic (exact) mass is 314 g/mol. The van der Waals surface area contributed by atoms with Crippen LogP contribution in [0.2, 0.25) is 0 Å². The van der Waals surface area contributed by atoms with Gasteiger partial charge in [-0.05, 0) is 66.3 Å². The third-order valence-electron chi connectivity index (χ3n) is 4.06. The number of rotatable bonds is 4. The molecule has 0 saturated carbocycles. The molecule has 1 aromatic heterocycles. The maximum absolute atomic E-state index is 3.76. The molecule has 3 aliphatic heterocycles. The molecule has 2 bridgehead atoms. The smallest absolute Gasteiger partial charge is 0.0701 e. The van der Waals surface area contributed by atoms with Gasteiger partial charge in [-0.25, -0.2) is 0 Å². The van der Waals surface area contributed by atoms with Crippen LogP contribution >= 0.6 is 27.3 Å². The molecule has 0 aliphatic carbocycles. The van der Waals surface area contributed by atoms with Gasteiger partial charge in [0.1, 0.15) is 0 Å². The van der Waals surface area contributed by atoms with Crippen LogP contribution in [-0.2, 0) is 6.42 Å². The van der Waals surface area contributed by atoms with Gasteiger partial charge < -0.3 is 10.2 Å². The molecule has 3 aliphatic rings. The summed E-state index contributed by atoms with van der Waals surface area (Å²) < 4.78 is 1.25. The number of hydrogen-bond acceptors (Lipinski definition) is 3. The van der Waals surface area contributed by atoms with Crippen LogP contribution in [0.15, 0.2) is 15.9 Å². The molecule has 1 N–H and O–H groups in total. The van der Waals surface area contributed by atoms with E-state index in [-0.39, 0.29) is 0 Å². The van der Waals surface area contributed by atoms with Gasteiger partial charge in [-0.15, -0.1) is 11.3 Å². The summed E-state index contributed by atoms with van der Waals surface area (Å²) in [6.07, 6.45) is 3.98. The van der Waals surface area contributed by atoms with Crippen molar-refractivity contribution in [2.24, 2.45) is 5.92 Å². The van der Waals surface area contributed by atoms with Gasteiger partial charge in [-0.3, -0.25) is 0 Å². The van der Waals surface area contributed by atoms with Crippen LogP contribution in [-0.4, -0.2) is 37.1 Å². The zero-order chi connectivity index (χ0) is 11.7. The SMILES string of the molecule is Brc1ccc(CCNC2CN3CCC2CC3)s1. The van der Waals surface area contributed by atoms with E-state index in [0.29, 0.717) is 0 Å². The fourth-order valence-corrected chi connectivity index (χ4v) is 4.55. The molecule has 4 heteroatoms. The average molecular weight is 315 g/mol. The Bertz CT molecular complexity index is 371. The van der Waals surface area contributed by atoms with E-state index in [2.05, 4.69) is 38.3 Å². The van der Waals surface area contributed by atoms with Crippen LogP contribution in [0.4, 0.5) is 0 Å². The van der Waals surface area contributed by atoms with Crippen molar-refractivity contribution < 1.29 is 0 Å². The van der Waals surface area contributed by atoms with Gasteiger partial charge in [-0.2, -0.15) is 0 Å². The molecule has 1 unspecified atom stereocenters. The van der Waals surface area contributed by atoms with Crippen LogP contribution < -0.4 is 5.32 Å². The highest BCUT2D eigenvalue weighted by atomic mass is 79.9. The molecule has 0 radical (unpaired) electrons. The Kier molecular flexibility index (Phi) is 3.85. The summed E-state index contributed by atoms with van der Waals surface area (Å²) in [7, 11) is 0. The fraction of sp³-hybridized carbons (Fsp3) is 0.692. The number of piperidine rings is 3. The first kappa shape index (κ1) is 12.2. The van der Waals surface area contributed by atoms with Crippen molar-refractivity contribution in [2.75, 3.05) is 26.2 Å². The number of nitrogens with one attached hydrogen (secondary N) is 1. The van der Waals surface area contributed by atoms with Crippen molar-refractivity contribution in [3.05, 3.63) is 20.8 Å². The van der Waals surface area contributed by atoms with Gasteiger partial charge in [0, 0.05) is 24.0 Å². The zero-order valence-electron chi connectivity index (χ0n) is 9.99. The lowest BCUT2D eigenvalue weighted by molar-refractivity contribution is 0.0731. The molecule has 3 saturated heterocycles. The van der Waals surface area contributed by atoms with Crippen LogP contribution in [0.3, 0.4) is 0 Å². The maximum atomic E-state index is 3.76. The van der Waals surface area contributed by atoms with Crippen LogP contribution in [0, 0.1) is 5.92 Å². The highest BCUT2D eigenvalue weighted by Gasteiger charge is 2.33. The second-order valence-corrected chi connectivity index (χ2v) is 7.70. The average Bonchev–Trinajstić information content (AvgIpc) is 2.77. The number of thiophene rings is 1. The second kappa shape index (κ2) is 5.39. The Morgan fingerprint density at radius 2 is 2.18 bits per heavy atom. The highest BCUT2D eigenvalue weighted by molar-refractivity contribution is 9.11. The molecule has 1 atom stereocenters. The summed E-state index contributed by atoms with van der Waals surface area (Å²) in [6, 6.07) is 5.13. The van der Waals surface area contributed by atoms with Crippen molar-refractivity contribution in [3.8, 4) is 0 Å². The molecule has 4 heterocycles. The van der Waals surface area contributed by atoms with Crippen LogP contribution in [0.25, 0.3) is 0 Å². The molecule has 94 valence electrons. The number of nitrogens with zero attached hydrogens (tertiary/aromatic N) is 1. The third-order valence-corrected chi connectivity index (χ3v) is 5.75. The molecule has 4 rings (SSSR count). The first-order chi connectivity index (χ1) is 8.31. The Hall–Kier alpha value is 0.1000. The minimum atomic E-state index is 0.751. The van der Waals surface area contributed by atoms with Gasteiger partial charge in [0.2, 0.25) is 0 Å². The third kappa shape index (κ3) is 2.92. The number of hydrogen-bond donors (Lipinski definition) is 1. The summed E-state index contributed by atoms with van der Waals surface area (Å²) in [6.45, 7) is 5.07. The van der Waals surface area contributed by atoms with E-state index in [4.69, 9.17) is 0 Å². The molecule has 1 aromatic rings. The Balaban J connectivity index is 1.45. The Morgan fingerprint density at radius 1 is 1.35 bits per heavy atom. The van der Waals surface area contributed by atoms with E-state index >= 15 is 0 Å². The van der Waals surface area contributed by atoms with Crippen LogP contribution in [0.1, 0.15) is 17.7 Å². The minimum Gasteiger partial charge on any atom is -0.312 e. The molecule has 17 heavy (non-hydrogen) atoms. The number of halogens is 1. The van der Waals surface area contributed by atoms with E-state index in [1.807, 2.05) is 11.3 Å². The van der Waals surface area contributed by atoms with E-state index in [9.17, 15) is 0 Å². The number of fused-ring (bicyclic) bond motifs is 3. The normalized spacial score (nSPS) is 31.9. The van der Waals surface area contributed by atoms with E-state index in [1.165, 1.54) is 47.6 Å². The Labute approximate surface area is 116 Å². The summed E-state index contributed by atoms with van der Waals surface area (Å²) in [5, 5.41) is 3.76. The lowest BCUT2D eigenvalue weighted by atomic mass is 9.84. The lowest BCUT2D eigenvalue weighted by Gasteiger charge is -2.45. The van der Waals surface area contributed by atoms with Crippen LogP contribution in [0.5, 0.6) is 0 Å². The van der Waals surface area contributed by atoms with E-state index in [1.54, 1.807) is 0 Å². The molecule has 2 nitrogen and oxygen atoms in total. The predicted molar refractivity (Wildman–Crippen MR) is 76.7 cm³/mol. The summed E-state index contributed by atoms with van der Waals surface area (Å²) in [5.41, 5.74) is 0. The second-order valence-electron chi connectivity index (χ2n) is 5.15. The molecule has 0 aromatic carbocycles. The van der Waals surface area contributed by atoms with Gasteiger partial charge in [0.15, 0.2) is 0 Å². The topological polar surface area (TPSA) is 15.3 Å². The quantitative estimate of drug-likeness (QED) is 0.919. The lowest BCUT2D eigenvalue weighted by Crippen LogP contribution is -2.56. The van der Waals surface area contributed by atoms with E-state index < -0.39 is 0 Å². The molecule has 0 spiro atoms. The maximum Gasteiger partial charge on any atom is 0.0701 e. The van der Waals surface area contributed by atoms with Crippen molar-refractivity contribution in [1.82, 2.24) is 10.2 Å². The minimum absolute atomic E-state index is 0.751. The van der Waals surface area contributed by atoms with Crippen molar-refractivity contribution in [2.45, 2.75) is 25.3 Å². The highest BCUT2D eigenvalue weighted by Crippen LogP contribution is 2.27. The fourth-order valence-electron chi connectivity index (χ4n) is 3.06. The first-order valence-electron chi connectivity index (χ1n) is 6.51. The molecule has 0 amide bonds. The van der Waals surface area contributed by atoms with Gasteiger partial charge >= 0.3 is 0 Å². The zero-order valence-corrected chi connectivity index (χ0v) is 12.4. The summed E-state index contributed by atoms with van der Waals surface area (Å²) in [4.78, 5) is 4.09. The Morgan fingerprint density at radius 3 is 2.76 bits per heavy atom. The van der Waals surface area contributed by atoms with Crippen molar-refractivity contribution >= 4 is 27.3 Å².